The van der Waals surface area contributed by atoms with Crippen molar-refractivity contribution in [2.45, 2.75) is 12.7 Å². The number of hydrogen-bond acceptors (Lipinski definition) is 2. The number of pyridine rings is 1. The van der Waals surface area contributed by atoms with Gasteiger partial charge in [-0.2, -0.15) is 13.2 Å². The molecule has 124 valence electrons. The van der Waals surface area contributed by atoms with Crippen molar-refractivity contribution in [1.82, 2.24) is 9.55 Å². The van der Waals surface area contributed by atoms with Crippen LogP contribution >= 0.6 is 0 Å². The zero-order valence-electron chi connectivity index (χ0n) is 12.1. The summed E-state index contributed by atoms with van der Waals surface area (Å²) in [4.78, 5) is 15.4. The lowest BCUT2D eigenvalue weighted by atomic mass is 10.2. The summed E-state index contributed by atoms with van der Waals surface area (Å²) in [7, 11) is 0. The fraction of sp³-hybridized carbons (Fsp3) is 0.125. The second-order valence-electron chi connectivity index (χ2n) is 5.24. The Hall–Kier alpha value is -2.90. The molecule has 0 aliphatic carbocycles. The van der Waals surface area contributed by atoms with Crippen LogP contribution in [0.3, 0.4) is 0 Å². The Balaban J connectivity index is 2.14. The van der Waals surface area contributed by atoms with Gasteiger partial charge in [-0.15, -0.1) is 0 Å². The van der Waals surface area contributed by atoms with Crippen molar-refractivity contribution >= 4 is 16.9 Å². The number of nitrogens with zero attached hydrogens (tertiary/aromatic N) is 2. The Morgan fingerprint density at radius 3 is 2.58 bits per heavy atom. The first-order chi connectivity index (χ1) is 11.3. The molecule has 0 aliphatic heterocycles. The number of carbonyl (C=O) groups is 1. The number of hydrogen-bond donors (Lipinski definition) is 1. The number of rotatable bonds is 3. The van der Waals surface area contributed by atoms with Crippen LogP contribution in [0.25, 0.3) is 11.0 Å². The van der Waals surface area contributed by atoms with Crippen LogP contribution in [0.1, 0.15) is 21.6 Å². The Morgan fingerprint density at radius 2 is 1.96 bits per heavy atom. The van der Waals surface area contributed by atoms with Crippen LogP contribution < -0.4 is 5.73 Å². The second kappa shape index (κ2) is 5.63. The molecule has 0 saturated carbocycles. The summed E-state index contributed by atoms with van der Waals surface area (Å²) in [5, 5.41) is 0.134. The van der Waals surface area contributed by atoms with Gasteiger partial charge in [0.05, 0.1) is 5.56 Å². The minimum absolute atomic E-state index is 0.00101. The van der Waals surface area contributed by atoms with Crippen molar-refractivity contribution in [2.75, 3.05) is 0 Å². The van der Waals surface area contributed by atoms with E-state index in [4.69, 9.17) is 5.73 Å². The molecule has 1 aromatic carbocycles. The first-order valence-corrected chi connectivity index (χ1v) is 6.86. The quantitative estimate of drug-likeness (QED) is 0.745. The van der Waals surface area contributed by atoms with Crippen LogP contribution in [0.15, 0.2) is 42.6 Å². The van der Waals surface area contributed by atoms with E-state index >= 15 is 0 Å². The highest BCUT2D eigenvalue weighted by molar-refractivity contribution is 5.97. The van der Waals surface area contributed by atoms with Gasteiger partial charge < -0.3 is 10.3 Å². The average molecular weight is 337 g/mol. The normalized spacial score (nSPS) is 11.8. The molecule has 4 nitrogen and oxygen atoms in total. The lowest BCUT2D eigenvalue weighted by Gasteiger charge is -2.09. The third-order valence-corrected chi connectivity index (χ3v) is 3.54. The second-order valence-corrected chi connectivity index (χ2v) is 5.24. The molecule has 0 radical (unpaired) electrons. The van der Waals surface area contributed by atoms with Crippen molar-refractivity contribution in [3.8, 4) is 0 Å². The third kappa shape index (κ3) is 2.94. The van der Waals surface area contributed by atoms with Gasteiger partial charge in [0.15, 0.2) is 0 Å². The lowest BCUT2D eigenvalue weighted by molar-refractivity contribution is -0.137. The Labute approximate surface area is 133 Å². The summed E-state index contributed by atoms with van der Waals surface area (Å²) < 4.78 is 53.1. The van der Waals surface area contributed by atoms with Crippen LogP contribution in [-0.2, 0) is 12.7 Å². The zero-order chi connectivity index (χ0) is 17.5. The van der Waals surface area contributed by atoms with E-state index in [1.165, 1.54) is 28.8 Å². The van der Waals surface area contributed by atoms with Crippen molar-refractivity contribution in [2.24, 2.45) is 5.73 Å². The Kier molecular flexibility index (Phi) is 3.75. The summed E-state index contributed by atoms with van der Waals surface area (Å²) in [5.41, 5.74) is 5.07. The molecule has 2 N–H and O–H groups in total. The van der Waals surface area contributed by atoms with Gasteiger partial charge in [-0.1, -0.05) is 12.1 Å². The molecule has 0 fully saturated rings. The summed E-state index contributed by atoms with van der Waals surface area (Å²) in [6, 6.07) is 7.80. The molecular formula is C16H11F4N3O. The van der Waals surface area contributed by atoms with Crippen molar-refractivity contribution in [1.29, 1.82) is 0 Å². The molecule has 0 unspecified atom stereocenters. The average Bonchev–Trinajstić information content (AvgIpc) is 2.85. The molecule has 0 aliphatic rings. The molecule has 8 heteroatoms. The number of fused-ring (bicyclic) bond motifs is 1. The van der Waals surface area contributed by atoms with Gasteiger partial charge in [0.1, 0.15) is 17.2 Å². The maximum atomic E-state index is 13.3. The van der Waals surface area contributed by atoms with Gasteiger partial charge in [0.25, 0.3) is 5.91 Å². The summed E-state index contributed by atoms with van der Waals surface area (Å²) >= 11 is 0. The number of amides is 1. The van der Waals surface area contributed by atoms with Gasteiger partial charge in [0, 0.05) is 18.1 Å². The number of aromatic nitrogens is 2. The van der Waals surface area contributed by atoms with Crippen molar-refractivity contribution in [3.05, 3.63) is 65.2 Å². The fourth-order valence-electron chi connectivity index (χ4n) is 2.48. The van der Waals surface area contributed by atoms with Crippen LogP contribution in [-0.4, -0.2) is 15.5 Å². The van der Waals surface area contributed by atoms with Crippen LogP contribution in [0.5, 0.6) is 0 Å². The topological polar surface area (TPSA) is 60.9 Å². The van der Waals surface area contributed by atoms with Gasteiger partial charge in [-0.05, 0) is 29.8 Å². The molecular weight excluding hydrogens is 326 g/mol. The monoisotopic (exact) mass is 337 g/mol. The predicted octanol–water partition coefficient (Wildman–Crippen LogP) is 3.34. The lowest BCUT2D eigenvalue weighted by Crippen LogP contribution is -2.17. The molecule has 3 aromatic rings. The first kappa shape index (κ1) is 16.0. The smallest absolute Gasteiger partial charge is 0.364 e. The standard InChI is InChI=1S/C16H11F4N3O/c17-12-3-1-2-9(4-12)8-23-13(14(21)24)6-10-5-11(16(18,19)20)7-22-15(10)23/h1-7H,8H2,(H2,21,24). The molecule has 3 rings (SSSR count). The molecule has 1 amide bonds. The number of benzene rings is 1. The number of carbonyl (C=O) groups excluding carboxylic acids is 1. The van der Waals surface area contributed by atoms with E-state index in [0.29, 0.717) is 11.8 Å². The molecule has 24 heavy (non-hydrogen) atoms. The number of halogens is 4. The largest absolute Gasteiger partial charge is 0.417 e. The van der Waals surface area contributed by atoms with Crippen LogP contribution in [0, 0.1) is 5.82 Å². The molecule has 0 atom stereocenters. The summed E-state index contributed by atoms with van der Waals surface area (Å²) in [5.74, 6) is -1.27. The Morgan fingerprint density at radius 1 is 1.21 bits per heavy atom. The van der Waals surface area contributed by atoms with E-state index in [2.05, 4.69) is 4.98 Å². The van der Waals surface area contributed by atoms with E-state index < -0.39 is 23.5 Å². The third-order valence-electron chi connectivity index (χ3n) is 3.54. The fourth-order valence-corrected chi connectivity index (χ4v) is 2.48. The van der Waals surface area contributed by atoms with Gasteiger partial charge >= 0.3 is 6.18 Å². The zero-order valence-corrected chi connectivity index (χ0v) is 12.1. The van der Waals surface area contributed by atoms with Crippen LogP contribution in [0.4, 0.5) is 17.6 Å². The molecule has 0 saturated heterocycles. The number of primary amides is 1. The molecule has 2 heterocycles. The van der Waals surface area contributed by atoms with Crippen molar-refractivity contribution in [3.63, 3.8) is 0 Å². The minimum atomic E-state index is -4.54. The SMILES string of the molecule is NC(=O)c1cc2cc(C(F)(F)F)cnc2n1Cc1cccc(F)c1. The van der Waals surface area contributed by atoms with Gasteiger partial charge in [-0.3, -0.25) is 4.79 Å². The number of alkyl halides is 3. The highest BCUT2D eigenvalue weighted by Gasteiger charge is 2.31. The van der Waals surface area contributed by atoms with Gasteiger partial charge in [0.2, 0.25) is 0 Å². The maximum absolute atomic E-state index is 13.3. The maximum Gasteiger partial charge on any atom is 0.417 e. The predicted molar refractivity (Wildman–Crippen MR) is 78.8 cm³/mol. The molecule has 0 spiro atoms. The van der Waals surface area contributed by atoms with Gasteiger partial charge in [-0.25, -0.2) is 9.37 Å². The van der Waals surface area contributed by atoms with E-state index in [1.807, 2.05) is 0 Å². The Bertz CT molecular complexity index is 931. The van der Waals surface area contributed by atoms with E-state index in [-0.39, 0.29) is 23.3 Å². The van der Waals surface area contributed by atoms with Crippen molar-refractivity contribution < 1.29 is 22.4 Å². The first-order valence-electron chi connectivity index (χ1n) is 6.86. The molecule has 2 aromatic heterocycles. The van der Waals surface area contributed by atoms with E-state index in [1.54, 1.807) is 6.07 Å². The minimum Gasteiger partial charge on any atom is -0.364 e. The summed E-state index contributed by atoms with van der Waals surface area (Å²) in [6.45, 7) is 0.0535. The highest BCUT2D eigenvalue weighted by atomic mass is 19.4. The molecule has 0 bridgehead atoms. The van der Waals surface area contributed by atoms with E-state index in [0.717, 1.165) is 6.07 Å². The number of nitrogens with two attached hydrogens (primary N) is 1. The highest BCUT2D eigenvalue weighted by Crippen LogP contribution is 2.31. The van der Waals surface area contributed by atoms with Crippen LogP contribution in [0.2, 0.25) is 0 Å². The van der Waals surface area contributed by atoms with E-state index in [9.17, 15) is 22.4 Å². The summed E-state index contributed by atoms with van der Waals surface area (Å²) in [6.07, 6.45) is -3.85.